The van der Waals surface area contributed by atoms with Crippen LogP contribution in [0.15, 0.2) is 53.4 Å². The fraction of sp³-hybridized carbons (Fsp3) is 0.0909. The number of para-hydroxylation sites is 1. The molecule has 2 heteroatoms. The first-order valence-corrected chi connectivity index (χ1v) is 4.99. The van der Waals surface area contributed by atoms with Gasteiger partial charge < -0.3 is 4.90 Å². The van der Waals surface area contributed by atoms with E-state index >= 15 is 0 Å². The fourth-order valence-electron chi connectivity index (χ4n) is 1.41. The third kappa shape index (κ3) is 1.38. The minimum absolute atomic E-state index is 0.836. The molecule has 66 valence electrons. The molecule has 1 aromatic carbocycles. The topological polar surface area (TPSA) is 3.24 Å². The second kappa shape index (κ2) is 3.30. The molecule has 0 amide bonds. The molecule has 0 spiro atoms. The molecule has 13 heavy (non-hydrogen) atoms. The third-order valence-corrected chi connectivity index (χ3v) is 3.02. The Morgan fingerprint density at radius 3 is 2.92 bits per heavy atom. The molecule has 1 aliphatic rings. The predicted octanol–water partition coefficient (Wildman–Crippen LogP) is 3.26. The highest BCUT2D eigenvalue weighted by Crippen LogP contribution is 2.44. The highest BCUT2D eigenvalue weighted by atomic mass is 32.2. The van der Waals surface area contributed by atoms with E-state index < -0.39 is 0 Å². The van der Waals surface area contributed by atoms with E-state index in [1.54, 1.807) is 11.8 Å². The van der Waals surface area contributed by atoms with Gasteiger partial charge in [-0.2, -0.15) is 0 Å². The van der Waals surface area contributed by atoms with Crippen LogP contribution in [0.2, 0.25) is 0 Å². The second-order valence-corrected chi connectivity index (χ2v) is 3.98. The van der Waals surface area contributed by atoms with E-state index in [2.05, 4.69) is 36.3 Å². The van der Waals surface area contributed by atoms with Gasteiger partial charge in [-0.25, -0.2) is 0 Å². The molecular weight excluding hydrogens is 178 g/mol. The van der Waals surface area contributed by atoms with E-state index in [9.17, 15) is 0 Å². The maximum atomic E-state index is 4.01. The highest BCUT2D eigenvalue weighted by Gasteiger charge is 2.21. The Balaban J connectivity index is 2.40. The largest absolute Gasteiger partial charge is 0.332 e. The summed E-state index contributed by atoms with van der Waals surface area (Å²) in [6.45, 7) is 8.59. The summed E-state index contributed by atoms with van der Waals surface area (Å²) in [5, 5.41) is 1.08. The van der Waals surface area contributed by atoms with E-state index in [4.69, 9.17) is 0 Å². The smallest absolute Gasteiger partial charge is 0.0731 e. The van der Waals surface area contributed by atoms with Crippen molar-refractivity contribution in [1.82, 2.24) is 0 Å². The van der Waals surface area contributed by atoms with Crippen LogP contribution in [0.1, 0.15) is 0 Å². The molecule has 0 saturated heterocycles. The lowest BCUT2D eigenvalue weighted by Crippen LogP contribution is -2.16. The fourth-order valence-corrected chi connectivity index (χ4v) is 2.38. The quantitative estimate of drug-likeness (QED) is 0.657. The molecule has 2 rings (SSSR count). The van der Waals surface area contributed by atoms with Crippen molar-refractivity contribution in [3.05, 3.63) is 48.5 Å². The van der Waals surface area contributed by atoms with Crippen molar-refractivity contribution in [1.29, 1.82) is 0 Å². The maximum Gasteiger partial charge on any atom is 0.0731 e. The van der Waals surface area contributed by atoms with Crippen LogP contribution < -0.4 is 4.90 Å². The van der Waals surface area contributed by atoms with Crippen molar-refractivity contribution in [2.75, 3.05) is 11.4 Å². The minimum Gasteiger partial charge on any atom is -0.332 e. The Kier molecular flexibility index (Phi) is 2.15. The van der Waals surface area contributed by atoms with Crippen LogP contribution in [0.3, 0.4) is 0 Å². The van der Waals surface area contributed by atoms with Crippen molar-refractivity contribution < 1.29 is 0 Å². The second-order valence-electron chi connectivity index (χ2n) is 2.86. The van der Waals surface area contributed by atoms with Gasteiger partial charge in [0, 0.05) is 11.4 Å². The van der Waals surface area contributed by atoms with E-state index in [0.717, 1.165) is 11.6 Å². The van der Waals surface area contributed by atoms with E-state index in [1.165, 1.54) is 10.6 Å². The van der Waals surface area contributed by atoms with Crippen LogP contribution in [0.25, 0.3) is 0 Å². The molecule has 0 saturated carbocycles. The molecule has 0 fully saturated rings. The van der Waals surface area contributed by atoms with Crippen molar-refractivity contribution in [2.45, 2.75) is 4.90 Å². The minimum atomic E-state index is 0.836. The molecule has 0 atom stereocenters. The van der Waals surface area contributed by atoms with Gasteiger partial charge in [0.1, 0.15) is 0 Å². The van der Waals surface area contributed by atoms with Crippen LogP contribution in [0.4, 0.5) is 5.69 Å². The molecule has 0 aliphatic carbocycles. The summed E-state index contributed by atoms with van der Waals surface area (Å²) in [5.41, 5.74) is 1.25. The first kappa shape index (κ1) is 8.45. The standard InChI is InChI=1S/C11H11NS/c1-3-8-12-9(2)13-11-7-5-4-6-10(11)12/h3-7H,1-2,8H2. The van der Waals surface area contributed by atoms with E-state index in [1.807, 2.05) is 12.1 Å². The molecule has 0 radical (unpaired) electrons. The normalized spacial score (nSPS) is 14.5. The van der Waals surface area contributed by atoms with Gasteiger partial charge in [-0.15, -0.1) is 6.58 Å². The lowest BCUT2D eigenvalue weighted by Gasteiger charge is -2.16. The predicted molar refractivity (Wildman–Crippen MR) is 59.0 cm³/mol. The monoisotopic (exact) mass is 189 g/mol. The van der Waals surface area contributed by atoms with Gasteiger partial charge in [0.2, 0.25) is 0 Å². The van der Waals surface area contributed by atoms with Gasteiger partial charge in [-0.3, -0.25) is 0 Å². The van der Waals surface area contributed by atoms with Gasteiger partial charge in [-0.05, 0) is 12.1 Å². The summed E-state index contributed by atoms with van der Waals surface area (Å²) >= 11 is 1.72. The van der Waals surface area contributed by atoms with E-state index in [0.29, 0.717) is 0 Å². The lowest BCUT2D eigenvalue weighted by atomic mass is 10.3. The summed E-state index contributed by atoms with van der Waals surface area (Å²) in [5.74, 6) is 0. The summed E-state index contributed by atoms with van der Waals surface area (Å²) in [6.07, 6.45) is 1.90. The zero-order chi connectivity index (χ0) is 9.26. The lowest BCUT2D eigenvalue weighted by molar-refractivity contribution is 1.08. The van der Waals surface area contributed by atoms with Crippen LogP contribution in [-0.4, -0.2) is 6.54 Å². The van der Waals surface area contributed by atoms with Gasteiger partial charge in [0.05, 0.1) is 10.7 Å². The van der Waals surface area contributed by atoms with Gasteiger partial charge in [0.25, 0.3) is 0 Å². The summed E-state index contributed by atoms with van der Waals surface area (Å²) < 4.78 is 0. The molecule has 1 aromatic rings. The molecule has 0 N–H and O–H groups in total. The van der Waals surface area contributed by atoms with Gasteiger partial charge >= 0.3 is 0 Å². The maximum absolute atomic E-state index is 4.01. The van der Waals surface area contributed by atoms with Gasteiger partial charge in [0.15, 0.2) is 0 Å². The molecule has 1 nitrogen and oxygen atoms in total. The van der Waals surface area contributed by atoms with E-state index in [-0.39, 0.29) is 0 Å². The molecular formula is C11H11NS. The number of hydrogen-bond acceptors (Lipinski definition) is 2. The third-order valence-electron chi connectivity index (χ3n) is 2.00. The number of rotatable bonds is 2. The van der Waals surface area contributed by atoms with Crippen molar-refractivity contribution in [2.24, 2.45) is 0 Å². The number of fused-ring (bicyclic) bond motifs is 1. The average Bonchev–Trinajstić information content (AvgIpc) is 2.44. The summed E-state index contributed by atoms with van der Waals surface area (Å²) in [6, 6.07) is 8.34. The van der Waals surface area contributed by atoms with Crippen molar-refractivity contribution in [3.63, 3.8) is 0 Å². The van der Waals surface area contributed by atoms with Gasteiger partial charge in [-0.1, -0.05) is 36.5 Å². The Labute approximate surface area is 82.8 Å². The summed E-state index contributed by atoms with van der Waals surface area (Å²) in [4.78, 5) is 3.46. The molecule has 0 bridgehead atoms. The molecule has 1 heterocycles. The molecule has 1 aliphatic heterocycles. The Morgan fingerprint density at radius 1 is 1.38 bits per heavy atom. The average molecular weight is 189 g/mol. The van der Waals surface area contributed by atoms with Crippen molar-refractivity contribution >= 4 is 17.4 Å². The number of benzene rings is 1. The zero-order valence-electron chi connectivity index (χ0n) is 7.36. The number of nitrogens with zero attached hydrogens (tertiary/aromatic N) is 1. The summed E-state index contributed by atoms with van der Waals surface area (Å²) in [7, 11) is 0. The Bertz CT molecular complexity index is 357. The Hall–Kier alpha value is -1.15. The number of hydrogen-bond donors (Lipinski definition) is 0. The Morgan fingerprint density at radius 2 is 2.15 bits per heavy atom. The highest BCUT2D eigenvalue weighted by molar-refractivity contribution is 8.03. The van der Waals surface area contributed by atoms with Crippen LogP contribution in [0.5, 0.6) is 0 Å². The number of anilines is 1. The first-order valence-electron chi connectivity index (χ1n) is 4.17. The molecule has 0 unspecified atom stereocenters. The molecule has 0 aromatic heterocycles. The van der Waals surface area contributed by atoms with Crippen LogP contribution in [0, 0.1) is 0 Å². The zero-order valence-corrected chi connectivity index (χ0v) is 8.18. The first-order chi connectivity index (χ1) is 6.33. The SMILES string of the molecule is C=CCN1C(=C)Sc2ccccc21. The number of thioether (sulfide) groups is 1. The van der Waals surface area contributed by atoms with Crippen LogP contribution >= 0.6 is 11.8 Å². The van der Waals surface area contributed by atoms with Crippen molar-refractivity contribution in [3.8, 4) is 0 Å². The van der Waals surface area contributed by atoms with Crippen LogP contribution in [-0.2, 0) is 0 Å².